The first-order chi connectivity index (χ1) is 11.6. The molecular weight excluding hydrogens is 358 g/mol. The van der Waals surface area contributed by atoms with Crippen molar-refractivity contribution in [3.05, 3.63) is 57.9 Å². The smallest absolute Gasteiger partial charge is 0.218 e. The molecule has 0 aromatic carbocycles. The van der Waals surface area contributed by atoms with Gasteiger partial charge in [-0.15, -0.1) is 11.8 Å². The molecule has 0 radical (unpaired) electrons. The molecule has 120 valence electrons. The number of thiol groups is 1. The Labute approximate surface area is 154 Å². The third-order valence-electron chi connectivity index (χ3n) is 3.81. The molecule has 0 bridgehead atoms. The molecule has 4 nitrogen and oxygen atoms in total. The number of nitriles is 1. The van der Waals surface area contributed by atoms with Crippen molar-refractivity contribution in [2.45, 2.75) is 22.4 Å². The van der Waals surface area contributed by atoms with Crippen LogP contribution in [0.25, 0.3) is 5.57 Å². The number of allylic oxidation sites excluding steroid dienone is 2. The first-order valence-corrected chi connectivity index (χ1v) is 9.54. The van der Waals surface area contributed by atoms with Crippen molar-refractivity contribution >= 4 is 47.9 Å². The van der Waals surface area contributed by atoms with E-state index in [1.165, 1.54) is 0 Å². The number of nitrogens with zero attached hydrogens (tertiary/aromatic N) is 3. The number of aliphatic imine (C=N–C) groups is 1. The van der Waals surface area contributed by atoms with Crippen molar-refractivity contribution in [1.82, 2.24) is 4.98 Å². The van der Waals surface area contributed by atoms with E-state index < -0.39 is 0 Å². The summed E-state index contributed by atoms with van der Waals surface area (Å²) in [7, 11) is 0. The van der Waals surface area contributed by atoms with Gasteiger partial charge in [0.2, 0.25) is 5.88 Å². The van der Waals surface area contributed by atoms with Gasteiger partial charge in [-0.25, -0.2) is 4.99 Å². The molecular formula is C17H13N3OS3. The Morgan fingerprint density at radius 2 is 2.17 bits per heavy atom. The number of hydrogen-bond acceptors (Lipinski definition) is 7. The Morgan fingerprint density at radius 3 is 2.92 bits per heavy atom. The van der Waals surface area contributed by atoms with Gasteiger partial charge in [0.1, 0.15) is 6.07 Å². The van der Waals surface area contributed by atoms with Gasteiger partial charge in [0.05, 0.1) is 19.8 Å². The van der Waals surface area contributed by atoms with Crippen molar-refractivity contribution in [3.63, 3.8) is 0 Å². The molecule has 1 saturated heterocycles. The topological polar surface area (TPSA) is 58.3 Å². The molecule has 0 aliphatic carbocycles. The summed E-state index contributed by atoms with van der Waals surface area (Å²) in [6.45, 7) is 1.98. The molecule has 0 spiro atoms. The van der Waals surface area contributed by atoms with Gasteiger partial charge in [-0.1, -0.05) is 23.9 Å². The van der Waals surface area contributed by atoms with E-state index in [0.717, 1.165) is 15.4 Å². The zero-order valence-corrected chi connectivity index (χ0v) is 15.2. The van der Waals surface area contributed by atoms with Crippen LogP contribution in [0, 0.1) is 11.3 Å². The zero-order valence-electron chi connectivity index (χ0n) is 12.7. The highest BCUT2D eigenvalue weighted by molar-refractivity contribution is 8.26. The fraction of sp³-hybridized carbons (Fsp3) is 0.235. The van der Waals surface area contributed by atoms with Gasteiger partial charge in [0.15, 0.2) is 5.44 Å². The molecule has 4 heterocycles. The van der Waals surface area contributed by atoms with Crippen LogP contribution in [0.4, 0.5) is 0 Å². The fourth-order valence-electron chi connectivity index (χ4n) is 2.59. The first kappa shape index (κ1) is 15.9. The van der Waals surface area contributed by atoms with Crippen molar-refractivity contribution in [3.8, 4) is 6.07 Å². The molecule has 1 aromatic rings. The number of fused-ring (bicyclic) bond motifs is 2. The molecule has 24 heavy (non-hydrogen) atoms. The number of hydrogen-bond donors (Lipinski definition) is 1. The van der Waals surface area contributed by atoms with E-state index in [4.69, 9.17) is 4.74 Å². The number of rotatable bonds is 1. The van der Waals surface area contributed by atoms with Crippen molar-refractivity contribution < 1.29 is 4.74 Å². The van der Waals surface area contributed by atoms with E-state index in [-0.39, 0.29) is 15.4 Å². The lowest BCUT2D eigenvalue weighted by Gasteiger charge is -2.12. The number of thioether (sulfide) groups is 2. The van der Waals surface area contributed by atoms with Gasteiger partial charge >= 0.3 is 0 Å². The van der Waals surface area contributed by atoms with Gasteiger partial charge in [-0.2, -0.15) is 17.9 Å². The Morgan fingerprint density at radius 1 is 1.38 bits per heavy atom. The molecule has 3 aliphatic rings. The molecule has 3 aliphatic heterocycles. The normalized spacial score (nSPS) is 32.7. The SMILES string of the molecule is CC1(S)C=CC2=C(N=C1)OC1S/C(=C(/C#N)c3ccncc3)SC21. The Balaban J connectivity index is 1.67. The third-order valence-corrected chi connectivity index (χ3v) is 7.02. The standard InChI is InChI=1S/C17H13N3OS3/c1-17(22)5-2-11-13-15(21-14(11)20-9-17)24-16(23-13)12(8-18)10-3-6-19-7-4-10/h2-7,9,13,15,22H,1H3/b16-12-. The molecule has 1 aromatic heterocycles. The summed E-state index contributed by atoms with van der Waals surface area (Å²) in [5.74, 6) is 0.667. The van der Waals surface area contributed by atoms with E-state index in [2.05, 4.69) is 34.8 Å². The highest BCUT2D eigenvalue weighted by Gasteiger charge is 2.45. The van der Waals surface area contributed by atoms with E-state index in [0.29, 0.717) is 11.5 Å². The predicted octanol–water partition coefficient (Wildman–Crippen LogP) is 4.02. The number of aromatic nitrogens is 1. The summed E-state index contributed by atoms with van der Waals surface area (Å²) < 4.78 is 6.61. The zero-order chi connectivity index (χ0) is 16.7. The maximum absolute atomic E-state index is 9.59. The van der Waals surface area contributed by atoms with Crippen LogP contribution >= 0.6 is 36.2 Å². The largest absolute Gasteiger partial charge is 0.461 e. The van der Waals surface area contributed by atoms with Crippen LogP contribution < -0.4 is 0 Å². The van der Waals surface area contributed by atoms with Crippen LogP contribution in [0.15, 0.2) is 57.4 Å². The Hall–Kier alpha value is -1.62. The third kappa shape index (κ3) is 2.79. The lowest BCUT2D eigenvalue weighted by Crippen LogP contribution is -2.15. The maximum atomic E-state index is 9.59. The van der Waals surface area contributed by atoms with Crippen LogP contribution in [0.3, 0.4) is 0 Å². The van der Waals surface area contributed by atoms with Gasteiger partial charge in [0, 0.05) is 24.2 Å². The monoisotopic (exact) mass is 371 g/mol. The van der Waals surface area contributed by atoms with Gasteiger partial charge in [0.25, 0.3) is 0 Å². The van der Waals surface area contributed by atoms with Crippen LogP contribution in [0.1, 0.15) is 12.5 Å². The highest BCUT2D eigenvalue weighted by atomic mass is 32.2. The van der Waals surface area contributed by atoms with Crippen LogP contribution in [-0.4, -0.2) is 26.6 Å². The van der Waals surface area contributed by atoms with Crippen LogP contribution in [0.2, 0.25) is 0 Å². The molecule has 0 saturated carbocycles. The van der Waals surface area contributed by atoms with Gasteiger partial charge < -0.3 is 4.74 Å². The van der Waals surface area contributed by atoms with Gasteiger partial charge in [-0.05, 0) is 24.6 Å². The second-order valence-electron chi connectivity index (χ2n) is 5.73. The summed E-state index contributed by atoms with van der Waals surface area (Å²) in [6.07, 6.45) is 9.26. The minimum Gasteiger partial charge on any atom is -0.461 e. The second kappa shape index (κ2) is 6.03. The maximum Gasteiger partial charge on any atom is 0.218 e. The minimum atomic E-state index is -0.382. The van der Waals surface area contributed by atoms with Gasteiger partial charge in [-0.3, -0.25) is 4.98 Å². The second-order valence-corrected chi connectivity index (χ2v) is 9.21. The summed E-state index contributed by atoms with van der Waals surface area (Å²) in [4.78, 5) is 8.46. The molecule has 3 atom stereocenters. The molecule has 0 amide bonds. The highest BCUT2D eigenvalue weighted by Crippen LogP contribution is 2.57. The van der Waals surface area contributed by atoms with Crippen molar-refractivity contribution in [2.24, 2.45) is 4.99 Å². The molecule has 4 rings (SSSR count). The predicted molar refractivity (Wildman–Crippen MR) is 103 cm³/mol. The summed E-state index contributed by atoms with van der Waals surface area (Å²) in [5.41, 5.74) is 2.57. The Kier molecular flexibility index (Phi) is 3.99. The summed E-state index contributed by atoms with van der Waals surface area (Å²) >= 11 is 7.81. The first-order valence-electron chi connectivity index (χ1n) is 7.33. The lowest BCUT2D eigenvalue weighted by atomic mass is 10.1. The van der Waals surface area contributed by atoms with Crippen LogP contribution in [-0.2, 0) is 4.74 Å². The summed E-state index contributed by atoms with van der Waals surface area (Å²) in [6, 6.07) is 6.04. The van der Waals surface area contributed by atoms with Crippen molar-refractivity contribution in [1.29, 1.82) is 5.26 Å². The quantitative estimate of drug-likeness (QED) is 0.597. The lowest BCUT2D eigenvalue weighted by molar-refractivity contribution is 0.219. The molecule has 0 N–H and O–H groups in total. The number of ether oxygens (including phenoxy) is 1. The molecule has 7 heteroatoms. The fourth-order valence-corrected chi connectivity index (χ4v) is 5.76. The molecule has 3 unspecified atom stereocenters. The van der Waals surface area contributed by atoms with E-state index in [9.17, 15) is 5.26 Å². The van der Waals surface area contributed by atoms with Crippen molar-refractivity contribution in [2.75, 3.05) is 0 Å². The molecule has 1 fully saturated rings. The Bertz CT molecular complexity index is 850. The number of pyridine rings is 1. The average Bonchev–Trinajstić information content (AvgIpc) is 3.06. The minimum absolute atomic E-state index is 0.0498. The average molecular weight is 372 g/mol. The van der Waals surface area contributed by atoms with E-state index >= 15 is 0 Å². The van der Waals surface area contributed by atoms with E-state index in [1.54, 1.807) is 42.1 Å². The summed E-state index contributed by atoms with van der Waals surface area (Å²) in [5, 5.41) is 9.73. The van der Waals surface area contributed by atoms with Crippen LogP contribution in [0.5, 0.6) is 0 Å². The van der Waals surface area contributed by atoms with E-state index in [1.807, 2.05) is 25.1 Å².